The van der Waals surface area contributed by atoms with Crippen LogP contribution in [0.1, 0.15) is 27.9 Å². The van der Waals surface area contributed by atoms with Crippen LogP contribution in [0.4, 0.5) is 14.6 Å². The predicted molar refractivity (Wildman–Crippen MR) is 121 cm³/mol. The van der Waals surface area contributed by atoms with E-state index in [4.69, 9.17) is 5.73 Å². The van der Waals surface area contributed by atoms with Gasteiger partial charge in [0.05, 0.1) is 0 Å². The van der Waals surface area contributed by atoms with Crippen molar-refractivity contribution in [2.24, 2.45) is 0 Å². The van der Waals surface area contributed by atoms with Gasteiger partial charge in [0.1, 0.15) is 11.6 Å². The number of hydrogen-bond acceptors (Lipinski definition) is 4. The van der Waals surface area contributed by atoms with E-state index in [1.807, 2.05) is 24.3 Å². The second-order valence-electron chi connectivity index (χ2n) is 8.02. The van der Waals surface area contributed by atoms with Gasteiger partial charge in [-0.1, -0.05) is 30.3 Å². The third-order valence-electron chi connectivity index (χ3n) is 6.04. The highest BCUT2D eigenvalue weighted by Crippen LogP contribution is 2.35. The van der Waals surface area contributed by atoms with Crippen LogP contribution in [-0.4, -0.2) is 30.5 Å². The summed E-state index contributed by atoms with van der Waals surface area (Å²) < 4.78 is 29.7. The van der Waals surface area contributed by atoms with E-state index >= 15 is 0 Å². The zero-order valence-electron chi connectivity index (χ0n) is 17.3. The molecule has 7 heteroatoms. The van der Waals surface area contributed by atoms with E-state index in [0.29, 0.717) is 29.7 Å². The Kier molecular flexibility index (Phi) is 5.19. The number of aromatic nitrogens is 1. The standard InChI is InChI=1S/C25H22F2N4O/c26-22-13-19-17(7-10-30-25(19)32)11-20(22)21-12-18(23(27)31-24(21)28)16-3-1-14(2-4-16)15-5-8-29-9-6-15/h1-5,11-13,29H,6-10H2,(H2,28,31)(H,30,32). The minimum Gasteiger partial charge on any atom is -0.383 e. The molecule has 0 aliphatic carbocycles. The normalized spacial score (nSPS) is 15.7. The van der Waals surface area contributed by atoms with Crippen molar-refractivity contribution in [3.8, 4) is 22.3 Å². The fourth-order valence-corrected chi connectivity index (χ4v) is 4.32. The lowest BCUT2D eigenvalue weighted by atomic mass is 9.93. The van der Waals surface area contributed by atoms with Gasteiger partial charge in [-0.3, -0.25) is 4.79 Å². The van der Waals surface area contributed by atoms with Crippen molar-refractivity contribution in [1.82, 2.24) is 15.6 Å². The number of hydrogen-bond donors (Lipinski definition) is 3. The van der Waals surface area contributed by atoms with Crippen molar-refractivity contribution < 1.29 is 13.6 Å². The second kappa shape index (κ2) is 8.16. The van der Waals surface area contributed by atoms with E-state index in [2.05, 4.69) is 21.7 Å². The fraction of sp³-hybridized carbons (Fsp3) is 0.200. The van der Waals surface area contributed by atoms with Crippen LogP contribution in [0, 0.1) is 11.8 Å². The summed E-state index contributed by atoms with van der Waals surface area (Å²) in [5.41, 5.74) is 10.8. The molecule has 3 aromatic rings. The number of carbonyl (C=O) groups is 1. The van der Waals surface area contributed by atoms with Gasteiger partial charge in [0.15, 0.2) is 0 Å². The average Bonchev–Trinajstić information content (AvgIpc) is 2.81. The maximum atomic E-state index is 14.9. The molecule has 0 atom stereocenters. The Morgan fingerprint density at radius 1 is 0.875 bits per heavy atom. The van der Waals surface area contributed by atoms with Crippen LogP contribution in [0.25, 0.3) is 27.8 Å². The molecule has 2 aromatic carbocycles. The van der Waals surface area contributed by atoms with E-state index < -0.39 is 11.8 Å². The molecular weight excluding hydrogens is 410 g/mol. The number of pyridine rings is 1. The van der Waals surface area contributed by atoms with Gasteiger partial charge < -0.3 is 16.4 Å². The summed E-state index contributed by atoms with van der Waals surface area (Å²) in [5.74, 6) is -1.70. The molecule has 3 heterocycles. The molecule has 0 bridgehead atoms. The average molecular weight is 432 g/mol. The van der Waals surface area contributed by atoms with Crippen LogP contribution in [-0.2, 0) is 6.42 Å². The number of nitrogens with one attached hydrogen (secondary N) is 2. The Balaban J connectivity index is 1.56. The maximum Gasteiger partial charge on any atom is 0.251 e. The van der Waals surface area contributed by atoms with Crippen molar-refractivity contribution in [1.29, 1.82) is 0 Å². The molecule has 2 aliphatic rings. The maximum absolute atomic E-state index is 14.9. The van der Waals surface area contributed by atoms with E-state index in [0.717, 1.165) is 30.6 Å². The van der Waals surface area contributed by atoms with E-state index in [1.165, 1.54) is 17.7 Å². The van der Waals surface area contributed by atoms with Gasteiger partial charge in [-0.25, -0.2) is 9.37 Å². The highest BCUT2D eigenvalue weighted by atomic mass is 19.1. The largest absolute Gasteiger partial charge is 0.383 e. The molecule has 0 saturated carbocycles. The van der Waals surface area contributed by atoms with Gasteiger partial charge in [0.25, 0.3) is 5.91 Å². The first-order valence-corrected chi connectivity index (χ1v) is 10.6. The summed E-state index contributed by atoms with van der Waals surface area (Å²) in [4.78, 5) is 15.9. The summed E-state index contributed by atoms with van der Waals surface area (Å²) in [6.07, 6.45) is 3.68. The Morgan fingerprint density at radius 3 is 2.41 bits per heavy atom. The molecule has 0 saturated heterocycles. The molecule has 0 unspecified atom stereocenters. The Hall–Kier alpha value is -3.58. The summed E-state index contributed by atoms with van der Waals surface area (Å²) in [5, 5.41) is 5.99. The Labute approximate surface area is 184 Å². The highest BCUT2D eigenvalue weighted by molar-refractivity contribution is 5.97. The van der Waals surface area contributed by atoms with Crippen molar-refractivity contribution in [3.63, 3.8) is 0 Å². The number of nitrogens with two attached hydrogens (primary N) is 1. The number of halogens is 2. The van der Waals surface area contributed by atoms with Crippen molar-refractivity contribution in [3.05, 3.63) is 77.0 Å². The summed E-state index contributed by atoms with van der Waals surface area (Å²) in [6, 6.07) is 12.0. The molecule has 162 valence electrons. The molecule has 2 aliphatic heterocycles. The van der Waals surface area contributed by atoms with E-state index in [1.54, 1.807) is 6.07 Å². The molecule has 5 rings (SSSR count). The van der Waals surface area contributed by atoms with Crippen LogP contribution < -0.4 is 16.4 Å². The lowest BCUT2D eigenvalue weighted by Gasteiger charge is -2.19. The number of amides is 1. The lowest BCUT2D eigenvalue weighted by Crippen LogP contribution is -2.32. The van der Waals surface area contributed by atoms with Crippen LogP contribution in [0.2, 0.25) is 0 Å². The number of nitrogens with zero attached hydrogens (tertiary/aromatic N) is 1. The number of fused-ring (bicyclic) bond motifs is 1. The molecule has 5 nitrogen and oxygen atoms in total. The van der Waals surface area contributed by atoms with Crippen LogP contribution >= 0.6 is 0 Å². The molecule has 4 N–H and O–H groups in total. The minimum atomic E-state index is -0.710. The number of anilines is 1. The lowest BCUT2D eigenvalue weighted by molar-refractivity contribution is 0.0945. The van der Waals surface area contributed by atoms with Gasteiger partial charge in [0.2, 0.25) is 5.95 Å². The zero-order chi connectivity index (χ0) is 22.2. The van der Waals surface area contributed by atoms with E-state index in [9.17, 15) is 13.6 Å². The predicted octanol–water partition coefficient (Wildman–Crippen LogP) is 3.94. The topological polar surface area (TPSA) is 80.0 Å². The smallest absolute Gasteiger partial charge is 0.251 e. The number of benzene rings is 2. The van der Waals surface area contributed by atoms with Gasteiger partial charge in [-0.05, 0) is 59.8 Å². The first-order chi connectivity index (χ1) is 15.5. The van der Waals surface area contributed by atoms with E-state index in [-0.39, 0.29) is 22.9 Å². The molecule has 0 spiro atoms. The first kappa shape index (κ1) is 20.3. The molecule has 1 aromatic heterocycles. The SMILES string of the molecule is Nc1nc(F)c(-c2ccc(C3=CCNCC3)cc2)cc1-c1cc2c(cc1F)C(=O)NCC2. The Morgan fingerprint density at radius 2 is 1.66 bits per heavy atom. The molecular formula is C25H22F2N4O. The van der Waals surface area contributed by atoms with Gasteiger partial charge in [-0.2, -0.15) is 4.39 Å². The van der Waals surface area contributed by atoms with Gasteiger partial charge in [-0.15, -0.1) is 0 Å². The van der Waals surface area contributed by atoms with Crippen LogP contribution in [0.15, 0.2) is 48.5 Å². The van der Waals surface area contributed by atoms with Crippen molar-refractivity contribution >= 4 is 17.3 Å². The summed E-state index contributed by atoms with van der Waals surface area (Å²) in [7, 11) is 0. The number of rotatable bonds is 3. The molecule has 1 amide bonds. The third-order valence-corrected chi connectivity index (χ3v) is 6.04. The summed E-state index contributed by atoms with van der Waals surface area (Å²) in [6.45, 7) is 2.25. The number of nitrogen functional groups attached to an aromatic ring is 1. The molecule has 32 heavy (non-hydrogen) atoms. The zero-order valence-corrected chi connectivity index (χ0v) is 17.3. The fourth-order valence-electron chi connectivity index (χ4n) is 4.32. The van der Waals surface area contributed by atoms with Gasteiger partial charge >= 0.3 is 0 Å². The monoisotopic (exact) mass is 432 g/mol. The third kappa shape index (κ3) is 3.65. The minimum absolute atomic E-state index is 0.0955. The Bertz CT molecular complexity index is 1250. The molecule has 0 radical (unpaired) electrons. The highest BCUT2D eigenvalue weighted by Gasteiger charge is 2.22. The summed E-state index contributed by atoms with van der Waals surface area (Å²) >= 11 is 0. The van der Waals surface area contributed by atoms with Gasteiger partial charge in [0, 0.05) is 35.3 Å². The molecule has 0 fully saturated rings. The van der Waals surface area contributed by atoms with Crippen LogP contribution in [0.3, 0.4) is 0 Å². The van der Waals surface area contributed by atoms with Crippen molar-refractivity contribution in [2.75, 3.05) is 25.4 Å². The van der Waals surface area contributed by atoms with Crippen molar-refractivity contribution in [2.45, 2.75) is 12.8 Å². The number of carbonyl (C=O) groups excluding carboxylic acids is 1. The first-order valence-electron chi connectivity index (χ1n) is 10.6. The van der Waals surface area contributed by atoms with Crippen LogP contribution in [0.5, 0.6) is 0 Å². The quantitative estimate of drug-likeness (QED) is 0.548. The second-order valence-corrected chi connectivity index (χ2v) is 8.02.